The molecule has 3 rings (SSSR count). The summed E-state index contributed by atoms with van der Waals surface area (Å²) in [4.78, 5) is 12.1. The van der Waals surface area contributed by atoms with E-state index in [9.17, 15) is 0 Å². The number of halogens is 2. The highest BCUT2D eigenvalue weighted by atomic mass is 35.5. The fourth-order valence-corrected chi connectivity index (χ4v) is 2.13. The number of fused-ring (bicyclic) bond motifs is 1. The predicted molar refractivity (Wildman–Crippen MR) is 61.2 cm³/mol. The zero-order chi connectivity index (χ0) is 11.8. The Morgan fingerprint density at radius 3 is 2.94 bits per heavy atom. The third-order valence-corrected chi connectivity index (χ3v) is 2.89. The van der Waals surface area contributed by atoms with E-state index in [-0.39, 0.29) is 16.7 Å². The zero-order valence-corrected chi connectivity index (χ0v) is 10.1. The normalized spacial score (nSPS) is 20.9. The fourth-order valence-electron chi connectivity index (χ4n) is 1.70. The molecule has 2 aromatic heterocycles. The maximum Gasteiger partial charge on any atom is 0.225 e. The van der Waals surface area contributed by atoms with Crippen LogP contribution < -0.4 is 0 Å². The number of imidazole rings is 1. The van der Waals surface area contributed by atoms with Gasteiger partial charge in [-0.2, -0.15) is 4.98 Å². The average Bonchev–Trinajstić information content (AvgIpc) is 2.74. The summed E-state index contributed by atoms with van der Waals surface area (Å²) in [6.45, 7) is 1.58. The Kier molecular flexibility index (Phi) is 2.87. The minimum absolute atomic E-state index is 0.0842. The molecule has 90 valence electrons. The second kappa shape index (κ2) is 4.38. The molecule has 3 heterocycles. The molecule has 0 amide bonds. The summed E-state index contributed by atoms with van der Waals surface area (Å²) in [5, 5.41) is 0.316. The van der Waals surface area contributed by atoms with Crippen molar-refractivity contribution in [3.8, 4) is 0 Å². The van der Waals surface area contributed by atoms with Crippen molar-refractivity contribution in [2.45, 2.75) is 6.23 Å². The van der Waals surface area contributed by atoms with Gasteiger partial charge in [-0.15, -0.1) is 0 Å². The lowest BCUT2D eigenvalue weighted by atomic mass is 10.5. The standard InChI is InChI=1S/C9H8Cl2N4O2/c10-7-6-8(14-9(11)13-7)15(4-12-6)5-3-16-1-2-17-5/h4-5H,1-3H2. The first-order valence-electron chi connectivity index (χ1n) is 5.00. The number of aromatic nitrogens is 4. The molecule has 0 bridgehead atoms. The van der Waals surface area contributed by atoms with Crippen LogP contribution in [0.2, 0.25) is 10.4 Å². The van der Waals surface area contributed by atoms with Crippen LogP contribution in [0.15, 0.2) is 6.33 Å². The summed E-state index contributed by atoms with van der Waals surface area (Å²) in [7, 11) is 0. The predicted octanol–water partition coefficient (Wildman–Crippen LogP) is 1.68. The third-order valence-electron chi connectivity index (χ3n) is 2.46. The fraction of sp³-hybridized carbons (Fsp3) is 0.444. The minimum Gasteiger partial charge on any atom is -0.374 e. The molecule has 1 aliphatic rings. The third kappa shape index (κ3) is 1.97. The first-order chi connectivity index (χ1) is 8.25. The van der Waals surface area contributed by atoms with E-state index in [2.05, 4.69) is 15.0 Å². The molecule has 0 spiro atoms. The Morgan fingerprint density at radius 1 is 1.29 bits per heavy atom. The summed E-state index contributed by atoms with van der Waals surface area (Å²) < 4.78 is 12.6. The Labute approximate surface area is 106 Å². The number of nitrogens with zero attached hydrogens (tertiary/aromatic N) is 4. The van der Waals surface area contributed by atoms with Gasteiger partial charge in [0.1, 0.15) is 5.52 Å². The molecule has 1 atom stereocenters. The van der Waals surface area contributed by atoms with Crippen LogP contribution in [0.1, 0.15) is 6.23 Å². The van der Waals surface area contributed by atoms with Gasteiger partial charge in [0.05, 0.1) is 26.1 Å². The molecule has 8 heteroatoms. The molecule has 1 saturated heterocycles. The maximum atomic E-state index is 5.93. The summed E-state index contributed by atoms with van der Waals surface area (Å²) in [5.74, 6) is 0. The molecule has 2 aromatic rings. The van der Waals surface area contributed by atoms with E-state index in [1.165, 1.54) is 0 Å². The SMILES string of the molecule is Clc1nc(Cl)c2ncn(C3COCCO3)c2n1. The van der Waals surface area contributed by atoms with Crippen molar-refractivity contribution in [1.29, 1.82) is 0 Å². The van der Waals surface area contributed by atoms with E-state index in [0.29, 0.717) is 31.0 Å². The van der Waals surface area contributed by atoms with Crippen molar-refractivity contribution in [2.24, 2.45) is 0 Å². The lowest BCUT2D eigenvalue weighted by molar-refractivity contribution is -0.121. The van der Waals surface area contributed by atoms with E-state index in [0.717, 1.165) is 0 Å². The van der Waals surface area contributed by atoms with Gasteiger partial charge in [0.2, 0.25) is 5.28 Å². The molecule has 1 aliphatic heterocycles. The largest absolute Gasteiger partial charge is 0.374 e. The van der Waals surface area contributed by atoms with E-state index >= 15 is 0 Å². The second-order valence-corrected chi connectivity index (χ2v) is 4.20. The number of hydrogen-bond donors (Lipinski definition) is 0. The highest BCUT2D eigenvalue weighted by Crippen LogP contribution is 2.24. The van der Waals surface area contributed by atoms with Gasteiger partial charge in [-0.1, -0.05) is 11.6 Å². The monoisotopic (exact) mass is 274 g/mol. The van der Waals surface area contributed by atoms with Gasteiger partial charge in [0, 0.05) is 0 Å². The molecule has 0 N–H and O–H groups in total. The van der Waals surface area contributed by atoms with Gasteiger partial charge in [0.25, 0.3) is 0 Å². The molecule has 0 aromatic carbocycles. The van der Waals surface area contributed by atoms with Crippen molar-refractivity contribution >= 4 is 34.4 Å². The van der Waals surface area contributed by atoms with Crippen LogP contribution in [0, 0.1) is 0 Å². The van der Waals surface area contributed by atoms with Gasteiger partial charge in [-0.25, -0.2) is 9.97 Å². The Balaban J connectivity index is 2.10. The maximum absolute atomic E-state index is 5.93. The Bertz CT molecular complexity index is 553. The number of ether oxygens (including phenoxy) is 2. The first-order valence-corrected chi connectivity index (χ1v) is 5.76. The summed E-state index contributed by atoms with van der Waals surface area (Å²) in [6.07, 6.45) is 1.34. The molecular weight excluding hydrogens is 267 g/mol. The van der Waals surface area contributed by atoms with Crippen LogP contribution in [0.25, 0.3) is 11.2 Å². The van der Waals surface area contributed by atoms with Crippen LogP contribution in [0.4, 0.5) is 0 Å². The second-order valence-electron chi connectivity index (χ2n) is 3.51. The number of hydrogen-bond acceptors (Lipinski definition) is 5. The van der Waals surface area contributed by atoms with Crippen LogP contribution in [-0.4, -0.2) is 39.3 Å². The van der Waals surface area contributed by atoms with E-state index in [1.54, 1.807) is 10.9 Å². The molecule has 0 radical (unpaired) electrons. The molecule has 1 unspecified atom stereocenters. The molecule has 1 fully saturated rings. The molecular formula is C9H8Cl2N4O2. The lowest BCUT2D eigenvalue weighted by Gasteiger charge is -2.23. The van der Waals surface area contributed by atoms with Gasteiger partial charge in [-0.05, 0) is 11.6 Å². The van der Waals surface area contributed by atoms with Gasteiger partial charge in [-0.3, -0.25) is 4.57 Å². The number of rotatable bonds is 1. The van der Waals surface area contributed by atoms with Gasteiger partial charge < -0.3 is 9.47 Å². The molecule has 0 saturated carbocycles. The average molecular weight is 275 g/mol. The summed E-state index contributed by atoms with van der Waals surface area (Å²) in [6, 6.07) is 0. The van der Waals surface area contributed by atoms with E-state index in [1.807, 2.05) is 0 Å². The van der Waals surface area contributed by atoms with Crippen molar-refractivity contribution in [3.05, 3.63) is 16.8 Å². The van der Waals surface area contributed by atoms with Gasteiger partial charge in [0.15, 0.2) is 17.0 Å². The van der Waals surface area contributed by atoms with Crippen molar-refractivity contribution in [1.82, 2.24) is 19.5 Å². The van der Waals surface area contributed by atoms with Crippen LogP contribution in [0.3, 0.4) is 0 Å². The highest BCUT2D eigenvalue weighted by molar-refractivity contribution is 6.35. The smallest absolute Gasteiger partial charge is 0.225 e. The van der Waals surface area contributed by atoms with Crippen LogP contribution in [-0.2, 0) is 9.47 Å². The summed E-state index contributed by atoms with van der Waals surface area (Å²) >= 11 is 11.7. The molecule has 6 nitrogen and oxygen atoms in total. The van der Waals surface area contributed by atoms with E-state index < -0.39 is 0 Å². The van der Waals surface area contributed by atoms with Crippen molar-refractivity contribution < 1.29 is 9.47 Å². The highest BCUT2D eigenvalue weighted by Gasteiger charge is 2.20. The van der Waals surface area contributed by atoms with Crippen molar-refractivity contribution in [3.63, 3.8) is 0 Å². The first kappa shape index (κ1) is 11.2. The quantitative estimate of drug-likeness (QED) is 0.585. The van der Waals surface area contributed by atoms with Crippen LogP contribution >= 0.6 is 23.2 Å². The Hall–Kier alpha value is -0.950. The van der Waals surface area contributed by atoms with Crippen molar-refractivity contribution in [2.75, 3.05) is 19.8 Å². The molecule has 0 aliphatic carbocycles. The molecule has 17 heavy (non-hydrogen) atoms. The summed E-state index contributed by atoms with van der Waals surface area (Å²) in [5.41, 5.74) is 1.05. The minimum atomic E-state index is -0.254. The van der Waals surface area contributed by atoms with E-state index in [4.69, 9.17) is 32.7 Å². The lowest BCUT2D eigenvalue weighted by Crippen LogP contribution is -2.26. The van der Waals surface area contributed by atoms with Gasteiger partial charge >= 0.3 is 0 Å². The topological polar surface area (TPSA) is 62.1 Å². The zero-order valence-electron chi connectivity index (χ0n) is 8.64. The van der Waals surface area contributed by atoms with Crippen LogP contribution in [0.5, 0.6) is 0 Å². The Morgan fingerprint density at radius 2 is 2.18 bits per heavy atom.